The number of hydrogen-bond acceptors (Lipinski definition) is 5. The molecule has 0 aliphatic heterocycles. The van der Waals surface area contributed by atoms with Gasteiger partial charge < -0.3 is 10.1 Å². The van der Waals surface area contributed by atoms with Crippen LogP contribution in [0.1, 0.15) is 12.5 Å². The molecule has 1 amide bonds. The van der Waals surface area contributed by atoms with Gasteiger partial charge in [-0.25, -0.2) is 4.98 Å². The normalized spacial score (nSPS) is 9.95. The number of thiazole rings is 1. The van der Waals surface area contributed by atoms with Crippen LogP contribution in [0.15, 0.2) is 35.8 Å². The van der Waals surface area contributed by atoms with Crippen molar-refractivity contribution in [2.45, 2.75) is 13.3 Å². The summed E-state index contributed by atoms with van der Waals surface area (Å²) in [4.78, 5) is 15.7. The third-order valence-corrected chi connectivity index (χ3v) is 3.50. The van der Waals surface area contributed by atoms with Crippen LogP contribution in [0.3, 0.4) is 0 Å². The summed E-state index contributed by atoms with van der Waals surface area (Å²) >= 11 is 6.41. The maximum absolute atomic E-state index is 11.7. The zero-order chi connectivity index (χ0) is 15.1. The van der Waals surface area contributed by atoms with Crippen molar-refractivity contribution in [1.29, 1.82) is 0 Å². The first-order chi connectivity index (χ1) is 10.2. The zero-order valence-electron chi connectivity index (χ0n) is 11.5. The molecule has 1 heterocycles. The summed E-state index contributed by atoms with van der Waals surface area (Å²) in [5.74, 6) is 0.338. The molecule has 2 N–H and O–H groups in total. The van der Waals surface area contributed by atoms with Gasteiger partial charge in [0, 0.05) is 11.6 Å². The Morgan fingerprint density at radius 2 is 2.14 bits per heavy atom. The molecule has 0 bridgehead atoms. The Morgan fingerprint density at radius 1 is 1.38 bits per heavy atom. The van der Waals surface area contributed by atoms with Gasteiger partial charge in [0.25, 0.3) is 5.91 Å². The van der Waals surface area contributed by atoms with E-state index in [1.165, 1.54) is 16.9 Å². The van der Waals surface area contributed by atoms with Gasteiger partial charge in [0.2, 0.25) is 0 Å². The second-order valence-corrected chi connectivity index (χ2v) is 5.43. The van der Waals surface area contributed by atoms with E-state index < -0.39 is 0 Å². The van der Waals surface area contributed by atoms with Gasteiger partial charge in [0.05, 0.1) is 0 Å². The van der Waals surface area contributed by atoms with E-state index in [1.807, 2.05) is 29.6 Å². The molecule has 0 unspecified atom stereocenters. The van der Waals surface area contributed by atoms with Crippen LogP contribution in [0, 0.1) is 0 Å². The number of nitrogens with one attached hydrogen (secondary N) is 2. The number of rotatable bonds is 5. The van der Waals surface area contributed by atoms with E-state index in [0.29, 0.717) is 10.9 Å². The molecule has 0 aliphatic carbocycles. The lowest BCUT2D eigenvalue weighted by Gasteiger charge is -2.09. The molecule has 0 spiro atoms. The quantitative estimate of drug-likeness (QED) is 0.829. The summed E-state index contributed by atoms with van der Waals surface area (Å²) in [6.45, 7) is 1.99. The fraction of sp³-hybridized carbons (Fsp3) is 0.214. The molecule has 0 saturated carbocycles. The van der Waals surface area contributed by atoms with Crippen molar-refractivity contribution < 1.29 is 9.53 Å². The third kappa shape index (κ3) is 5.13. The maximum Gasteiger partial charge on any atom is 0.264 e. The number of carbonyl (C=O) groups excluding carboxylic acids is 1. The second-order valence-electron chi connectivity index (χ2n) is 4.13. The highest BCUT2D eigenvalue weighted by atomic mass is 32.1. The van der Waals surface area contributed by atoms with Gasteiger partial charge in [-0.15, -0.1) is 11.3 Å². The van der Waals surface area contributed by atoms with Crippen LogP contribution < -0.4 is 15.4 Å². The number of nitrogens with zero attached hydrogens (tertiary/aromatic N) is 1. The fourth-order valence-electron chi connectivity index (χ4n) is 1.55. The van der Waals surface area contributed by atoms with Crippen molar-refractivity contribution in [3.8, 4) is 5.75 Å². The van der Waals surface area contributed by atoms with Crippen molar-refractivity contribution in [2.24, 2.45) is 0 Å². The van der Waals surface area contributed by atoms with E-state index in [9.17, 15) is 4.79 Å². The number of thiocarbonyl (C=S) groups is 1. The molecule has 0 saturated heterocycles. The van der Waals surface area contributed by atoms with Crippen molar-refractivity contribution in [2.75, 3.05) is 11.9 Å². The van der Waals surface area contributed by atoms with Crippen molar-refractivity contribution >= 4 is 39.7 Å². The highest BCUT2D eigenvalue weighted by Crippen LogP contribution is 2.12. The minimum Gasteiger partial charge on any atom is -0.484 e. The van der Waals surface area contributed by atoms with E-state index in [1.54, 1.807) is 6.20 Å². The van der Waals surface area contributed by atoms with E-state index in [2.05, 4.69) is 22.5 Å². The molecule has 21 heavy (non-hydrogen) atoms. The van der Waals surface area contributed by atoms with Crippen LogP contribution in [-0.4, -0.2) is 22.6 Å². The SMILES string of the molecule is CCc1ccc(OCC(=O)NC(=S)Nc2nccs2)cc1. The minimum atomic E-state index is -0.316. The molecular weight excluding hydrogens is 306 g/mol. The molecule has 110 valence electrons. The largest absolute Gasteiger partial charge is 0.484 e. The fourth-order valence-corrected chi connectivity index (χ4v) is 2.35. The summed E-state index contributed by atoms with van der Waals surface area (Å²) in [6, 6.07) is 7.64. The standard InChI is InChI=1S/C14H15N3O2S2/c1-2-10-3-5-11(6-4-10)19-9-12(18)16-13(20)17-14-15-7-8-21-14/h3-8H,2,9H2,1H3,(H2,15,16,17,18,20). The topological polar surface area (TPSA) is 63.2 Å². The van der Waals surface area contributed by atoms with Gasteiger partial charge in [-0.05, 0) is 36.3 Å². The highest BCUT2D eigenvalue weighted by molar-refractivity contribution is 7.80. The van der Waals surface area contributed by atoms with Gasteiger partial charge in [-0.3, -0.25) is 10.1 Å². The molecule has 7 heteroatoms. The summed E-state index contributed by atoms with van der Waals surface area (Å²) in [6.07, 6.45) is 2.62. The lowest BCUT2D eigenvalue weighted by Crippen LogP contribution is -2.37. The van der Waals surface area contributed by atoms with Crippen molar-refractivity contribution in [1.82, 2.24) is 10.3 Å². The lowest BCUT2D eigenvalue weighted by molar-refractivity contribution is -0.121. The molecular formula is C14H15N3O2S2. The number of carbonyl (C=O) groups is 1. The average molecular weight is 321 g/mol. The van der Waals surface area contributed by atoms with Crippen LogP contribution in [0.5, 0.6) is 5.75 Å². The van der Waals surface area contributed by atoms with Gasteiger partial charge >= 0.3 is 0 Å². The summed E-state index contributed by atoms with van der Waals surface area (Å²) in [7, 11) is 0. The minimum absolute atomic E-state index is 0.0921. The number of amides is 1. The highest BCUT2D eigenvalue weighted by Gasteiger charge is 2.07. The average Bonchev–Trinajstić information content (AvgIpc) is 2.98. The maximum atomic E-state index is 11.7. The number of ether oxygens (including phenoxy) is 1. The number of anilines is 1. The lowest BCUT2D eigenvalue weighted by atomic mass is 10.2. The smallest absolute Gasteiger partial charge is 0.264 e. The summed E-state index contributed by atoms with van der Waals surface area (Å²) in [5, 5.41) is 8.01. The summed E-state index contributed by atoms with van der Waals surface area (Å²) in [5.41, 5.74) is 1.22. The number of aryl methyl sites for hydroxylation is 1. The Hall–Kier alpha value is -1.99. The van der Waals surface area contributed by atoms with Gasteiger partial charge in [0.15, 0.2) is 16.9 Å². The van der Waals surface area contributed by atoms with E-state index in [0.717, 1.165) is 6.42 Å². The first-order valence-electron chi connectivity index (χ1n) is 6.39. The molecule has 0 aliphatic rings. The molecule has 0 radical (unpaired) electrons. The Morgan fingerprint density at radius 3 is 2.76 bits per heavy atom. The Balaban J connectivity index is 1.74. The second kappa shape index (κ2) is 7.70. The Labute approximate surface area is 132 Å². The predicted molar refractivity (Wildman–Crippen MR) is 87.8 cm³/mol. The van der Waals surface area contributed by atoms with Crippen molar-refractivity contribution in [3.05, 3.63) is 41.4 Å². The predicted octanol–water partition coefficient (Wildman–Crippen LogP) is 2.60. The molecule has 2 rings (SSSR count). The van der Waals surface area contributed by atoms with E-state index in [4.69, 9.17) is 17.0 Å². The molecule has 1 aromatic carbocycles. The van der Waals surface area contributed by atoms with Gasteiger partial charge in [-0.1, -0.05) is 19.1 Å². The molecule has 1 aromatic heterocycles. The van der Waals surface area contributed by atoms with Crippen LogP contribution in [0.2, 0.25) is 0 Å². The van der Waals surface area contributed by atoms with Crippen LogP contribution in [0.25, 0.3) is 0 Å². The van der Waals surface area contributed by atoms with Crippen LogP contribution >= 0.6 is 23.6 Å². The number of aromatic nitrogens is 1. The van der Waals surface area contributed by atoms with Crippen molar-refractivity contribution in [3.63, 3.8) is 0 Å². The van der Waals surface area contributed by atoms with E-state index in [-0.39, 0.29) is 17.6 Å². The Bertz CT molecular complexity index is 597. The monoisotopic (exact) mass is 321 g/mol. The summed E-state index contributed by atoms with van der Waals surface area (Å²) < 4.78 is 5.39. The Kier molecular flexibility index (Phi) is 5.65. The van der Waals surface area contributed by atoms with Crippen LogP contribution in [-0.2, 0) is 11.2 Å². The number of hydrogen-bond donors (Lipinski definition) is 2. The first kappa shape index (κ1) is 15.4. The number of benzene rings is 1. The molecule has 5 nitrogen and oxygen atoms in total. The molecule has 2 aromatic rings. The first-order valence-corrected chi connectivity index (χ1v) is 7.68. The third-order valence-electron chi connectivity index (χ3n) is 2.61. The zero-order valence-corrected chi connectivity index (χ0v) is 13.1. The van der Waals surface area contributed by atoms with Gasteiger partial charge in [0.1, 0.15) is 5.75 Å². The van der Waals surface area contributed by atoms with E-state index >= 15 is 0 Å². The van der Waals surface area contributed by atoms with Crippen LogP contribution in [0.4, 0.5) is 5.13 Å². The van der Waals surface area contributed by atoms with Gasteiger partial charge in [-0.2, -0.15) is 0 Å². The molecule has 0 fully saturated rings. The molecule has 0 atom stereocenters.